The average molecular weight is 184 g/mol. The Kier molecular flexibility index (Phi) is 8.73. The number of allylic oxidation sites excluding steroid dienone is 1. The molecule has 0 heterocycles. The Bertz CT molecular complexity index is 150. The molecular formula is C11H20O2. The van der Waals surface area contributed by atoms with E-state index in [4.69, 9.17) is 4.74 Å². The number of unbranched alkanes of at least 4 members (excludes halogenated alkanes) is 2. The first-order valence-corrected chi connectivity index (χ1v) is 5.11. The predicted molar refractivity (Wildman–Crippen MR) is 54.5 cm³/mol. The van der Waals surface area contributed by atoms with Crippen LogP contribution in [0.3, 0.4) is 0 Å². The van der Waals surface area contributed by atoms with E-state index in [0.717, 1.165) is 12.8 Å². The predicted octanol–water partition coefficient (Wildman–Crippen LogP) is 3.08. The molecule has 2 nitrogen and oxygen atoms in total. The molecule has 0 atom stereocenters. The zero-order chi connectivity index (χ0) is 9.94. The highest BCUT2D eigenvalue weighted by Gasteiger charge is 1.96. The van der Waals surface area contributed by atoms with E-state index in [-0.39, 0.29) is 5.97 Å². The molecule has 76 valence electrons. The van der Waals surface area contributed by atoms with Gasteiger partial charge in [-0.1, -0.05) is 38.8 Å². The summed E-state index contributed by atoms with van der Waals surface area (Å²) in [5, 5.41) is 0. The van der Waals surface area contributed by atoms with Gasteiger partial charge in [-0.3, -0.25) is 4.79 Å². The van der Waals surface area contributed by atoms with Crippen LogP contribution in [0.15, 0.2) is 12.2 Å². The summed E-state index contributed by atoms with van der Waals surface area (Å²) in [7, 11) is 0. The van der Waals surface area contributed by atoms with Gasteiger partial charge in [0.25, 0.3) is 0 Å². The summed E-state index contributed by atoms with van der Waals surface area (Å²) in [6, 6.07) is 0. The molecule has 0 aromatic heterocycles. The van der Waals surface area contributed by atoms with Gasteiger partial charge in [0.15, 0.2) is 0 Å². The molecule has 0 aliphatic carbocycles. The number of hydrogen-bond donors (Lipinski definition) is 0. The smallest absolute Gasteiger partial charge is 0.306 e. The highest BCUT2D eigenvalue weighted by Crippen LogP contribution is 1.95. The third-order valence-corrected chi connectivity index (χ3v) is 1.69. The maximum absolute atomic E-state index is 10.9. The second-order valence-electron chi connectivity index (χ2n) is 3.05. The molecule has 13 heavy (non-hydrogen) atoms. The van der Waals surface area contributed by atoms with Gasteiger partial charge >= 0.3 is 5.97 Å². The fourth-order valence-electron chi connectivity index (χ4n) is 0.925. The van der Waals surface area contributed by atoms with E-state index in [9.17, 15) is 4.79 Å². The van der Waals surface area contributed by atoms with Crippen LogP contribution < -0.4 is 0 Å². The van der Waals surface area contributed by atoms with E-state index in [1.807, 2.05) is 13.0 Å². The molecule has 0 bridgehead atoms. The van der Waals surface area contributed by atoms with Crippen molar-refractivity contribution in [3.8, 4) is 0 Å². The normalized spacial score (nSPS) is 10.6. The molecule has 2 heteroatoms. The lowest BCUT2D eigenvalue weighted by Crippen LogP contribution is -2.02. The minimum Gasteiger partial charge on any atom is -0.461 e. The molecule has 0 radical (unpaired) electrons. The van der Waals surface area contributed by atoms with Crippen molar-refractivity contribution in [3.05, 3.63) is 12.2 Å². The van der Waals surface area contributed by atoms with Crippen LogP contribution in [0.1, 0.15) is 46.0 Å². The lowest BCUT2D eigenvalue weighted by molar-refractivity contribution is -0.142. The number of rotatable bonds is 7. The summed E-state index contributed by atoms with van der Waals surface area (Å²) in [6.07, 6.45) is 8.88. The van der Waals surface area contributed by atoms with E-state index in [0.29, 0.717) is 13.0 Å². The van der Waals surface area contributed by atoms with Crippen molar-refractivity contribution in [2.45, 2.75) is 46.0 Å². The largest absolute Gasteiger partial charge is 0.461 e. The van der Waals surface area contributed by atoms with E-state index in [1.165, 1.54) is 12.8 Å². The minimum atomic E-state index is -0.0948. The maximum atomic E-state index is 10.9. The first-order valence-electron chi connectivity index (χ1n) is 5.11. The summed E-state index contributed by atoms with van der Waals surface area (Å²) in [5.74, 6) is -0.0948. The van der Waals surface area contributed by atoms with Crippen molar-refractivity contribution in [2.24, 2.45) is 0 Å². The SMILES string of the molecule is CCCC/C=C/COC(=O)CCC. The molecule has 0 saturated carbocycles. The zero-order valence-electron chi connectivity index (χ0n) is 8.71. The number of esters is 1. The molecule has 0 aliphatic rings. The molecular weight excluding hydrogens is 164 g/mol. The van der Waals surface area contributed by atoms with Crippen LogP contribution in [0.4, 0.5) is 0 Å². The highest BCUT2D eigenvalue weighted by molar-refractivity contribution is 5.69. The molecule has 0 aromatic carbocycles. The van der Waals surface area contributed by atoms with Gasteiger partial charge in [-0.15, -0.1) is 0 Å². The van der Waals surface area contributed by atoms with Gasteiger partial charge in [-0.25, -0.2) is 0 Å². The Morgan fingerprint density at radius 3 is 2.62 bits per heavy atom. The average Bonchev–Trinajstić information content (AvgIpc) is 2.11. The standard InChI is InChI=1S/C11H20O2/c1-3-5-6-7-8-10-13-11(12)9-4-2/h7-8H,3-6,9-10H2,1-2H3/b8-7+. The first kappa shape index (κ1) is 12.2. The number of carbonyl (C=O) groups is 1. The molecule has 0 aromatic rings. The second-order valence-corrected chi connectivity index (χ2v) is 3.05. The number of hydrogen-bond acceptors (Lipinski definition) is 2. The summed E-state index contributed by atoms with van der Waals surface area (Å²) in [6.45, 7) is 4.57. The van der Waals surface area contributed by atoms with E-state index in [1.54, 1.807) is 0 Å². The van der Waals surface area contributed by atoms with Crippen LogP contribution >= 0.6 is 0 Å². The van der Waals surface area contributed by atoms with Crippen molar-refractivity contribution < 1.29 is 9.53 Å². The third-order valence-electron chi connectivity index (χ3n) is 1.69. The molecule has 0 saturated heterocycles. The van der Waals surface area contributed by atoms with Crippen molar-refractivity contribution in [3.63, 3.8) is 0 Å². The number of carbonyl (C=O) groups excluding carboxylic acids is 1. The van der Waals surface area contributed by atoms with Gasteiger partial charge in [-0.05, 0) is 12.8 Å². The fourth-order valence-corrected chi connectivity index (χ4v) is 0.925. The zero-order valence-corrected chi connectivity index (χ0v) is 8.71. The van der Waals surface area contributed by atoms with Crippen LogP contribution in [0.5, 0.6) is 0 Å². The Labute approximate surface area is 81.0 Å². The van der Waals surface area contributed by atoms with Crippen LogP contribution in [0.2, 0.25) is 0 Å². The fraction of sp³-hybridized carbons (Fsp3) is 0.727. The molecule has 0 N–H and O–H groups in total. The van der Waals surface area contributed by atoms with E-state index < -0.39 is 0 Å². The van der Waals surface area contributed by atoms with Crippen LogP contribution in [-0.4, -0.2) is 12.6 Å². The van der Waals surface area contributed by atoms with Crippen molar-refractivity contribution in [2.75, 3.05) is 6.61 Å². The molecule has 0 unspecified atom stereocenters. The summed E-state index contributed by atoms with van der Waals surface area (Å²) < 4.78 is 4.94. The quantitative estimate of drug-likeness (QED) is 0.345. The maximum Gasteiger partial charge on any atom is 0.306 e. The Balaban J connectivity index is 3.23. The lowest BCUT2D eigenvalue weighted by Gasteiger charge is -1.98. The van der Waals surface area contributed by atoms with Gasteiger partial charge in [0.1, 0.15) is 6.61 Å². The Hall–Kier alpha value is -0.790. The molecule has 0 amide bonds. The van der Waals surface area contributed by atoms with Gasteiger partial charge in [0.2, 0.25) is 0 Å². The van der Waals surface area contributed by atoms with Gasteiger partial charge in [-0.2, -0.15) is 0 Å². The van der Waals surface area contributed by atoms with Crippen LogP contribution in [-0.2, 0) is 9.53 Å². The van der Waals surface area contributed by atoms with E-state index in [2.05, 4.69) is 13.0 Å². The summed E-state index contributed by atoms with van der Waals surface area (Å²) >= 11 is 0. The third kappa shape index (κ3) is 9.12. The molecule has 0 fully saturated rings. The molecule has 0 rings (SSSR count). The first-order chi connectivity index (χ1) is 6.31. The minimum absolute atomic E-state index is 0.0948. The molecule has 0 aliphatic heterocycles. The lowest BCUT2D eigenvalue weighted by atomic mass is 10.2. The van der Waals surface area contributed by atoms with E-state index >= 15 is 0 Å². The van der Waals surface area contributed by atoms with Crippen molar-refractivity contribution in [1.82, 2.24) is 0 Å². The monoisotopic (exact) mass is 184 g/mol. The van der Waals surface area contributed by atoms with Gasteiger partial charge < -0.3 is 4.74 Å². The summed E-state index contributed by atoms with van der Waals surface area (Å²) in [4.78, 5) is 10.9. The second kappa shape index (κ2) is 9.30. The van der Waals surface area contributed by atoms with Crippen molar-refractivity contribution >= 4 is 5.97 Å². The van der Waals surface area contributed by atoms with Crippen molar-refractivity contribution in [1.29, 1.82) is 0 Å². The topological polar surface area (TPSA) is 26.3 Å². The highest BCUT2D eigenvalue weighted by atomic mass is 16.5. The van der Waals surface area contributed by atoms with Crippen LogP contribution in [0.25, 0.3) is 0 Å². The van der Waals surface area contributed by atoms with Gasteiger partial charge in [0.05, 0.1) is 0 Å². The Morgan fingerprint density at radius 1 is 1.23 bits per heavy atom. The van der Waals surface area contributed by atoms with Gasteiger partial charge in [0, 0.05) is 6.42 Å². The van der Waals surface area contributed by atoms with Crippen LogP contribution in [0, 0.1) is 0 Å². The number of ether oxygens (including phenoxy) is 1. The Morgan fingerprint density at radius 2 is 2.00 bits per heavy atom. The molecule has 0 spiro atoms. The summed E-state index contributed by atoms with van der Waals surface area (Å²) in [5.41, 5.74) is 0.